The van der Waals surface area contributed by atoms with Crippen LogP contribution in [0.3, 0.4) is 0 Å². The molecule has 2 fully saturated rings. The third-order valence-corrected chi connectivity index (χ3v) is 8.25. The zero-order valence-corrected chi connectivity index (χ0v) is 20.6. The van der Waals surface area contributed by atoms with Crippen LogP contribution in [0.4, 0.5) is 8.78 Å². The Kier molecular flexibility index (Phi) is 8.77. The highest BCUT2D eigenvalue weighted by Crippen LogP contribution is 2.42. The van der Waals surface area contributed by atoms with Crippen LogP contribution >= 0.6 is 46.8 Å². The maximum absolute atomic E-state index is 14.0. The van der Waals surface area contributed by atoms with E-state index < -0.39 is 17.4 Å². The molecule has 4 nitrogen and oxygen atoms in total. The topological polar surface area (TPSA) is 35.6 Å². The fourth-order valence-electron chi connectivity index (χ4n) is 4.29. The molecule has 2 aliphatic rings. The molecule has 3 rings (SSSR count). The van der Waals surface area contributed by atoms with Crippen molar-refractivity contribution < 1.29 is 13.6 Å². The monoisotopic (exact) mass is 513 g/mol. The first-order valence-corrected chi connectivity index (χ1v) is 12.7. The van der Waals surface area contributed by atoms with Crippen LogP contribution in [0, 0.1) is 0 Å². The van der Waals surface area contributed by atoms with Gasteiger partial charge in [-0.1, -0.05) is 53.7 Å². The summed E-state index contributed by atoms with van der Waals surface area (Å²) in [6, 6.07) is 2.93. The van der Waals surface area contributed by atoms with Gasteiger partial charge in [0.2, 0.25) is 5.92 Å². The molecular formula is C21H28Cl3F2N3OS. The predicted octanol–water partition coefficient (Wildman–Crippen LogP) is 6.00. The fourth-order valence-corrected chi connectivity index (χ4v) is 6.14. The van der Waals surface area contributed by atoms with E-state index in [1.807, 2.05) is 11.9 Å². The summed E-state index contributed by atoms with van der Waals surface area (Å²) in [7, 11) is 0. The Labute approximate surface area is 202 Å². The number of piperazine rings is 1. The quantitative estimate of drug-likeness (QED) is 0.453. The molecule has 0 aromatic heterocycles. The van der Waals surface area contributed by atoms with Crippen molar-refractivity contribution in [3.8, 4) is 0 Å². The first-order valence-electron chi connectivity index (χ1n) is 10.6. The van der Waals surface area contributed by atoms with Crippen LogP contribution < -0.4 is 5.32 Å². The number of carbonyl (C=O) groups excluding carboxylic acids is 1. The van der Waals surface area contributed by atoms with Crippen LogP contribution in [0.2, 0.25) is 15.1 Å². The number of hydrogen-bond donors (Lipinski definition) is 1. The van der Waals surface area contributed by atoms with Gasteiger partial charge in [-0.05, 0) is 31.4 Å². The average molecular weight is 515 g/mol. The summed E-state index contributed by atoms with van der Waals surface area (Å²) in [5.41, 5.74) is -0.339. The standard InChI is InChI=1S/C21H28Cl3F2N3OS/c1-2-11-31-29-9-7-28(8-10-29)20(3-5-21(25,26)6-4-20)14-27-19(30)18-16(23)12-15(22)13-17(18)24/h12-13H,2-11,14H2,1H3,(H,27,30). The predicted molar refractivity (Wildman–Crippen MR) is 126 cm³/mol. The molecule has 1 aromatic carbocycles. The van der Waals surface area contributed by atoms with Crippen molar-refractivity contribution in [2.45, 2.75) is 50.5 Å². The van der Waals surface area contributed by atoms with Gasteiger partial charge in [0.15, 0.2) is 0 Å². The van der Waals surface area contributed by atoms with Crippen LogP contribution in [0.15, 0.2) is 12.1 Å². The molecule has 1 amide bonds. The molecule has 0 bridgehead atoms. The van der Waals surface area contributed by atoms with Crippen molar-refractivity contribution in [3.63, 3.8) is 0 Å². The Bertz CT molecular complexity index is 758. The average Bonchev–Trinajstić information content (AvgIpc) is 2.71. The van der Waals surface area contributed by atoms with E-state index in [-0.39, 0.29) is 35.0 Å². The number of benzene rings is 1. The largest absolute Gasteiger partial charge is 0.350 e. The molecule has 1 saturated carbocycles. The summed E-state index contributed by atoms with van der Waals surface area (Å²) < 4.78 is 30.3. The zero-order valence-electron chi connectivity index (χ0n) is 17.5. The van der Waals surface area contributed by atoms with Gasteiger partial charge in [-0.25, -0.2) is 13.1 Å². The first-order chi connectivity index (χ1) is 14.7. The highest BCUT2D eigenvalue weighted by Gasteiger charge is 2.47. The van der Waals surface area contributed by atoms with Gasteiger partial charge < -0.3 is 5.32 Å². The van der Waals surface area contributed by atoms with Gasteiger partial charge in [0, 0.05) is 61.9 Å². The van der Waals surface area contributed by atoms with Crippen LogP contribution in [0.1, 0.15) is 49.4 Å². The van der Waals surface area contributed by atoms with Gasteiger partial charge in [0.25, 0.3) is 5.91 Å². The molecule has 1 aromatic rings. The second-order valence-electron chi connectivity index (χ2n) is 8.26. The molecule has 1 saturated heterocycles. The Balaban J connectivity index is 1.71. The molecule has 1 aliphatic carbocycles. The lowest BCUT2D eigenvalue weighted by atomic mass is 9.78. The van der Waals surface area contributed by atoms with E-state index in [0.29, 0.717) is 17.9 Å². The normalized spacial score (nSPS) is 21.7. The molecule has 1 heterocycles. The number of halogens is 5. The van der Waals surface area contributed by atoms with Gasteiger partial charge in [0.1, 0.15) is 0 Å². The van der Waals surface area contributed by atoms with Crippen molar-refractivity contribution >= 4 is 52.7 Å². The molecule has 0 spiro atoms. The first kappa shape index (κ1) is 25.3. The van der Waals surface area contributed by atoms with Gasteiger partial charge in [-0.3, -0.25) is 9.69 Å². The van der Waals surface area contributed by atoms with E-state index in [0.717, 1.165) is 38.4 Å². The van der Waals surface area contributed by atoms with E-state index in [9.17, 15) is 13.6 Å². The summed E-state index contributed by atoms with van der Waals surface area (Å²) in [4.78, 5) is 15.1. The summed E-state index contributed by atoms with van der Waals surface area (Å²) in [6.45, 7) is 5.78. The van der Waals surface area contributed by atoms with Crippen LogP contribution in [-0.2, 0) is 0 Å². The van der Waals surface area contributed by atoms with E-state index in [1.54, 1.807) is 0 Å². The minimum absolute atomic E-state index is 0.157. The second kappa shape index (κ2) is 10.7. The number of rotatable bonds is 7. The molecule has 31 heavy (non-hydrogen) atoms. The third-order valence-electron chi connectivity index (χ3n) is 6.11. The Morgan fingerprint density at radius 1 is 1.06 bits per heavy atom. The summed E-state index contributed by atoms with van der Waals surface area (Å²) in [5, 5.41) is 3.60. The lowest BCUT2D eigenvalue weighted by molar-refractivity contribution is -0.0854. The fraction of sp³-hybridized carbons (Fsp3) is 0.667. The SMILES string of the molecule is CCCSN1CCN(C2(CNC(=O)c3c(Cl)cc(Cl)cc3Cl)CCC(F)(F)CC2)CC1. The number of carbonyl (C=O) groups is 1. The van der Waals surface area contributed by atoms with Crippen molar-refractivity contribution in [3.05, 3.63) is 32.8 Å². The maximum Gasteiger partial charge on any atom is 0.254 e. The number of nitrogens with one attached hydrogen (secondary N) is 1. The smallest absolute Gasteiger partial charge is 0.254 e. The molecule has 0 unspecified atom stereocenters. The molecule has 0 atom stereocenters. The molecule has 1 N–H and O–H groups in total. The van der Waals surface area contributed by atoms with Crippen molar-refractivity contribution in [1.82, 2.24) is 14.5 Å². The Morgan fingerprint density at radius 3 is 2.19 bits per heavy atom. The van der Waals surface area contributed by atoms with Crippen LogP contribution in [0.25, 0.3) is 0 Å². The van der Waals surface area contributed by atoms with Crippen molar-refractivity contribution in [2.75, 3.05) is 38.5 Å². The Hall–Kier alpha value is -0.310. The summed E-state index contributed by atoms with van der Waals surface area (Å²) >= 11 is 20.1. The van der Waals surface area contributed by atoms with E-state index in [1.165, 1.54) is 12.1 Å². The van der Waals surface area contributed by atoms with Gasteiger partial charge >= 0.3 is 0 Å². The van der Waals surface area contributed by atoms with Crippen LogP contribution in [0.5, 0.6) is 0 Å². The van der Waals surface area contributed by atoms with Crippen molar-refractivity contribution in [2.24, 2.45) is 0 Å². The molecule has 10 heteroatoms. The third kappa shape index (κ3) is 6.39. The summed E-state index contributed by atoms with van der Waals surface area (Å²) in [5.74, 6) is -1.98. The number of amides is 1. The van der Waals surface area contributed by atoms with Crippen LogP contribution in [-0.4, -0.2) is 65.1 Å². The van der Waals surface area contributed by atoms with Gasteiger partial charge in [0.05, 0.1) is 15.6 Å². The lowest BCUT2D eigenvalue weighted by Crippen LogP contribution is -2.62. The van der Waals surface area contributed by atoms with E-state index in [4.69, 9.17) is 34.8 Å². The molecule has 174 valence electrons. The highest BCUT2D eigenvalue weighted by atomic mass is 35.5. The molecular weight excluding hydrogens is 487 g/mol. The molecule has 0 radical (unpaired) electrons. The Morgan fingerprint density at radius 2 is 1.65 bits per heavy atom. The van der Waals surface area contributed by atoms with E-state index in [2.05, 4.69) is 21.4 Å². The maximum atomic E-state index is 14.0. The molecule has 1 aliphatic heterocycles. The van der Waals surface area contributed by atoms with Gasteiger partial charge in [-0.15, -0.1) is 0 Å². The van der Waals surface area contributed by atoms with Gasteiger partial charge in [-0.2, -0.15) is 0 Å². The summed E-state index contributed by atoms with van der Waals surface area (Å²) in [6.07, 6.45) is 1.45. The minimum Gasteiger partial charge on any atom is -0.350 e. The highest BCUT2D eigenvalue weighted by molar-refractivity contribution is 7.97. The number of nitrogens with zero attached hydrogens (tertiary/aromatic N) is 2. The van der Waals surface area contributed by atoms with E-state index >= 15 is 0 Å². The minimum atomic E-state index is -2.64. The second-order valence-corrected chi connectivity index (χ2v) is 10.7. The number of alkyl halides is 2. The van der Waals surface area contributed by atoms with Crippen molar-refractivity contribution in [1.29, 1.82) is 0 Å². The lowest BCUT2D eigenvalue weighted by Gasteiger charge is -2.50. The number of hydrogen-bond acceptors (Lipinski definition) is 4. The zero-order chi connectivity index (χ0) is 22.6.